The average Bonchev–Trinajstić information content (AvgIpc) is 3.14. The SMILES string of the molecule is COC(=O)[C@@H]1C[C@@]23C(=NN=C(SC)C2Nc2ccccc23)N1C(C)=O. The van der Waals surface area contributed by atoms with E-state index in [1.165, 1.54) is 30.7 Å². The Morgan fingerprint density at radius 1 is 1.36 bits per heavy atom. The highest BCUT2D eigenvalue weighted by molar-refractivity contribution is 8.13. The third-order valence-corrected chi connectivity index (χ3v) is 5.90. The quantitative estimate of drug-likeness (QED) is 0.771. The number of nitrogens with one attached hydrogen (secondary N) is 1. The van der Waals surface area contributed by atoms with E-state index in [9.17, 15) is 9.59 Å². The van der Waals surface area contributed by atoms with E-state index in [1.807, 2.05) is 30.5 Å². The third kappa shape index (κ3) is 2.00. The molecule has 3 aliphatic rings. The molecule has 1 fully saturated rings. The Balaban J connectivity index is 1.95. The molecule has 1 spiro atoms. The van der Waals surface area contributed by atoms with Gasteiger partial charge < -0.3 is 10.1 Å². The summed E-state index contributed by atoms with van der Waals surface area (Å²) >= 11 is 1.52. The van der Waals surface area contributed by atoms with Gasteiger partial charge >= 0.3 is 5.97 Å². The van der Waals surface area contributed by atoms with Crippen LogP contribution in [0.1, 0.15) is 18.9 Å². The molecule has 0 bridgehead atoms. The van der Waals surface area contributed by atoms with Crippen LogP contribution < -0.4 is 5.32 Å². The number of methoxy groups -OCH3 is 1. The fourth-order valence-electron chi connectivity index (χ4n) is 4.18. The molecule has 25 heavy (non-hydrogen) atoms. The van der Waals surface area contributed by atoms with Gasteiger partial charge in [-0.3, -0.25) is 9.69 Å². The van der Waals surface area contributed by atoms with Gasteiger partial charge in [-0.1, -0.05) is 18.2 Å². The van der Waals surface area contributed by atoms with Gasteiger partial charge in [0, 0.05) is 12.6 Å². The van der Waals surface area contributed by atoms with E-state index in [0.29, 0.717) is 12.3 Å². The van der Waals surface area contributed by atoms with Crippen LogP contribution in [0.15, 0.2) is 34.5 Å². The number of esters is 1. The molecule has 0 aliphatic carbocycles. The normalized spacial score (nSPS) is 29.0. The van der Waals surface area contributed by atoms with Crippen molar-refractivity contribution in [2.24, 2.45) is 10.2 Å². The predicted octanol–water partition coefficient (Wildman–Crippen LogP) is 1.60. The largest absolute Gasteiger partial charge is 0.467 e. The molecule has 1 aromatic carbocycles. The number of thioether (sulfide) groups is 1. The molecule has 0 saturated carbocycles. The maximum Gasteiger partial charge on any atom is 0.329 e. The van der Waals surface area contributed by atoms with E-state index in [2.05, 4.69) is 15.5 Å². The molecule has 8 heteroatoms. The van der Waals surface area contributed by atoms with Crippen molar-refractivity contribution in [2.45, 2.75) is 30.8 Å². The summed E-state index contributed by atoms with van der Waals surface area (Å²) in [5.41, 5.74) is 1.43. The van der Waals surface area contributed by atoms with Crippen LogP contribution in [0.3, 0.4) is 0 Å². The van der Waals surface area contributed by atoms with Gasteiger partial charge in [0.2, 0.25) is 5.91 Å². The van der Waals surface area contributed by atoms with E-state index in [1.54, 1.807) is 0 Å². The molecule has 7 nitrogen and oxygen atoms in total. The molecule has 1 unspecified atom stereocenters. The topological polar surface area (TPSA) is 83.4 Å². The number of anilines is 1. The van der Waals surface area contributed by atoms with Crippen LogP contribution >= 0.6 is 11.8 Å². The van der Waals surface area contributed by atoms with Crippen molar-refractivity contribution in [1.82, 2.24) is 4.90 Å². The predicted molar refractivity (Wildman–Crippen MR) is 96.9 cm³/mol. The molecule has 1 amide bonds. The van der Waals surface area contributed by atoms with Gasteiger partial charge in [-0.25, -0.2) is 4.79 Å². The number of nitrogens with zero attached hydrogens (tertiary/aromatic N) is 3. The van der Waals surface area contributed by atoms with Crippen LogP contribution in [-0.4, -0.2) is 53.1 Å². The van der Waals surface area contributed by atoms with E-state index in [4.69, 9.17) is 4.74 Å². The highest BCUT2D eigenvalue weighted by Crippen LogP contribution is 2.53. The summed E-state index contributed by atoms with van der Waals surface area (Å²) in [7, 11) is 1.34. The first-order valence-corrected chi connectivity index (χ1v) is 9.20. The highest BCUT2D eigenvalue weighted by Gasteiger charge is 2.64. The molecule has 0 radical (unpaired) electrons. The van der Waals surface area contributed by atoms with Crippen molar-refractivity contribution < 1.29 is 14.3 Å². The van der Waals surface area contributed by atoms with Crippen LogP contribution in [0.4, 0.5) is 5.69 Å². The van der Waals surface area contributed by atoms with Crippen LogP contribution in [0.25, 0.3) is 0 Å². The van der Waals surface area contributed by atoms with Crippen LogP contribution in [0.5, 0.6) is 0 Å². The summed E-state index contributed by atoms with van der Waals surface area (Å²) in [4.78, 5) is 26.2. The zero-order valence-electron chi connectivity index (χ0n) is 14.1. The van der Waals surface area contributed by atoms with Gasteiger partial charge in [0.1, 0.15) is 16.9 Å². The number of fused-ring (bicyclic) bond motifs is 1. The minimum atomic E-state index is -0.701. The number of ether oxygens (including phenoxy) is 1. The minimum Gasteiger partial charge on any atom is -0.467 e. The number of hydrogen-bond donors (Lipinski definition) is 1. The summed E-state index contributed by atoms with van der Waals surface area (Å²) < 4.78 is 4.96. The fourth-order valence-corrected chi connectivity index (χ4v) is 4.79. The summed E-state index contributed by atoms with van der Waals surface area (Å²) in [6.45, 7) is 1.44. The Hall–Kier alpha value is -2.35. The van der Waals surface area contributed by atoms with Gasteiger partial charge in [0.05, 0.1) is 18.6 Å². The number of carbonyl (C=O) groups excluding carboxylic acids is 2. The number of amidine groups is 1. The zero-order valence-corrected chi connectivity index (χ0v) is 15.0. The molecular formula is C17H18N4O3S. The molecule has 3 heterocycles. The van der Waals surface area contributed by atoms with E-state index in [0.717, 1.165) is 16.3 Å². The molecule has 4 rings (SSSR count). The van der Waals surface area contributed by atoms with Crippen molar-refractivity contribution in [1.29, 1.82) is 0 Å². The molecule has 1 saturated heterocycles. The van der Waals surface area contributed by atoms with E-state index >= 15 is 0 Å². The number of likely N-dealkylation sites (tertiary alicyclic amines) is 1. The molecule has 3 aliphatic heterocycles. The van der Waals surface area contributed by atoms with Crippen molar-refractivity contribution in [3.8, 4) is 0 Å². The van der Waals surface area contributed by atoms with Gasteiger partial charge in [0.15, 0.2) is 0 Å². The number of benzene rings is 1. The van der Waals surface area contributed by atoms with Gasteiger partial charge in [-0.05, 0) is 24.3 Å². The van der Waals surface area contributed by atoms with Gasteiger partial charge in [-0.2, -0.15) is 0 Å². The van der Waals surface area contributed by atoms with Gasteiger partial charge in [0.25, 0.3) is 0 Å². The lowest BCUT2D eigenvalue weighted by Crippen LogP contribution is -2.52. The van der Waals surface area contributed by atoms with Crippen molar-refractivity contribution in [3.63, 3.8) is 0 Å². The third-order valence-electron chi connectivity index (χ3n) is 5.17. The lowest BCUT2D eigenvalue weighted by Gasteiger charge is -2.34. The molecule has 130 valence electrons. The van der Waals surface area contributed by atoms with Crippen molar-refractivity contribution in [3.05, 3.63) is 29.8 Å². The number of para-hydroxylation sites is 1. The second kappa shape index (κ2) is 5.59. The van der Waals surface area contributed by atoms with Crippen molar-refractivity contribution in [2.75, 3.05) is 18.7 Å². The number of hydrogen-bond acceptors (Lipinski definition) is 7. The monoisotopic (exact) mass is 358 g/mol. The first-order valence-electron chi connectivity index (χ1n) is 7.98. The number of amides is 1. The van der Waals surface area contributed by atoms with Crippen LogP contribution in [0.2, 0.25) is 0 Å². The molecule has 3 atom stereocenters. The second-order valence-corrected chi connectivity index (χ2v) is 7.12. The maximum atomic E-state index is 12.4. The summed E-state index contributed by atoms with van der Waals surface area (Å²) in [6.07, 6.45) is 2.37. The van der Waals surface area contributed by atoms with Crippen LogP contribution in [-0.2, 0) is 19.7 Å². The first kappa shape index (κ1) is 16.1. The summed E-state index contributed by atoms with van der Waals surface area (Å²) in [5, 5.41) is 13.1. The molecule has 0 aromatic heterocycles. The Kier molecular flexibility index (Phi) is 3.61. The van der Waals surface area contributed by atoms with Crippen LogP contribution in [0, 0.1) is 0 Å². The Morgan fingerprint density at radius 3 is 2.80 bits per heavy atom. The number of rotatable bonds is 1. The molecule has 1 N–H and O–H groups in total. The smallest absolute Gasteiger partial charge is 0.329 e. The average molecular weight is 358 g/mol. The second-order valence-electron chi connectivity index (χ2n) is 6.29. The standard InChI is InChI=1S/C17H18N4O3S/c1-9(22)21-12(15(23)24-2)8-17-10-6-4-5-7-11(10)18-13(17)14(25-3)19-20-16(17)21/h4-7,12-13,18H,8H2,1-3H3/t12-,13?,17-/m0/s1. The molecule has 1 aromatic rings. The Labute approximate surface area is 149 Å². The lowest BCUT2D eigenvalue weighted by molar-refractivity contribution is -0.148. The van der Waals surface area contributed by atoms with E-state index in [-0.39, 0.29) is 11.9 Å². The maximum absolute atomic E-state index is 12.4. The lowest BCUT2D eigenvalue weighted by atomic mass is 9.73. The van der Waals surface area contributed by atoms with E-state index < -0.39 is 17.4 Å². The minimum absolute atomic E-state index is 0.149. The summed E-state index contributed by atoms with van der Waals surface area (Å²) in [5.74, 6) is -0.150. The fraction of sp³-hybridized carbons (Fsp3) is 0.412. The number of carbonyl (C=O) groups is 2. The molecular weight excluding hydrogens is 340 g/mol. The van der Waals surface area contributed by atoms with Gasteiger partial charge in [-0.15, -0.1) is 22.0 Å². The zero-order chi connectivity index (χ0) is 17.8. The first-order chi connectivity index (χ1) is 12.0. The highest BCUT2D eigenvalue weighted by atomic mass is 32.2. The van der Waals surface area contributed by atoms with Crippen molar-refractivity contribution >= 4 is 40.2 Å². The summed E-state index contributed by atoms with van der Waals surface area (Å²) in [6, 6.07) is 7.10. The Morgan fingerprint density at radius 2 is 2.12 bits per heavy atom. The Bertz CT molecular complexity index is 837.